The van der Waals surface area contributed by atoms with Gasteiger partial charge in [0.25, 0.3) is 11.8 Å². The highest BCUT2D eigenvalue weighted by Crippen LogP contribution is 2.29. The molecule has 1 fully saturated rings. The summed E-state index contributed by atoms with van der Waals surface area (Å²) in [7, 11) is -2.93. The van der Waals surface area contributed by atoms with Crippen LogP contribution in [0, 0.1) is 0 Å². The van der Waals surface area contributed by atoms with E-state index in [0.717, 1.165) is 5.69 Å². The molecule has 0 spiro atoms. The van der Waals surface area contributed by atoms with Crippen molar-refractivity contribution in [1.29, 1.82) is 0 Å². The van der Waals surface area contributed by atoms with E-state index in [1.807, 2.05) is 17.0 Å². The van der Waals surface area contributed by atoms with Crippen molar-refractivity contribution in [2.24, 2.45) is 0 Å². The van der Waals surface area contributed by atoms with E-state index < -0.39 is 9.84 Å². The fourth-order valence-corrected chi connectivity index (χ4v) is 4.41. The van der Waals surface area contributed by atoms with Crippen LogP contribution in [0.2, 0.25) is 0 Å². The van der Waals surface area contributed by atoms with Crippen molar-refractivity contribution in [2.75, 3.05) is 34.4 Å². The number of amides is 2. The molecule has 0 atom stereocenters. The average molecular weight is 356 g/mol. The predicted molar refractivity (Wildman–Crippen MR) is 94.9 cm³/mol. The molecule has 4 rings (SSSR count). The molecule has 0 unspecified atom stereocenters. The smallest absolute Gasteiger partial charge is 0.266 e. The van der Waals surface area contributed by atoms with Crippen LogP contribution in [0.3, 0.4) is 0 Å². The van der Waals surface area contributed by atoms with Gasteiger partial charge in [0.1, 0.15) is 0 Å². The predicted octanol–water partition coefficient (Wildman–Crippen LogP) is 1.72. The zero-order valence-electron chi connectivity index (χ0n) is 13.4. The third kappa shape index (κ3) is 2.70. The molecule has 2 aromatic rings. The van der Waals surface area contributed by atoms with Gasteiger partial charge in [-0.15, -0.1) is 0 Å². The van der Waals surface area contributed by atoms with Crippen molar-refractivity contribution in [3.05, 3.63) is 59.7 Å². The summed E-state index contributed by atoms with van der Waals surface area (Å²) in [5.41, 5.74) is 2.23. The van der Waals surface area contributed by atoms with Crippen LogP contribution in [0.4, 0.5) is 11.4 Å². The Bertz CT molecular complexity index is 918. The SMILES string of the molecule is O=C1c2ccccc2C(=O)N1c1ccc(N2CCS(=O)(=O)CC2)cc1. The van der Waals surface area contributed by atoms with E-state index in [-0.39, 0.29) is 23.3 Å². The minimum Gasteiger partial charge on any atom is -0.369 e. The highest BCUT2D eigenvalue weighted by molar-refractivity contribution is 7.91. The van der Waals surface area contributed by atoms with Gasteiger partial charge in [0.05, 0.1) is 28.3 Å². The topological polar surface area (TPSA) is 74.8 Å². The summed E-state index contributed by atoms with van der Waals surface area (Å²) < 4.78 is 23.1. The maximum absolute atomic E-state index is 12.5. The van der Waals surface area contributed by atoms with Gasteiger partial charge in [-0.1, -0.05) is 12.1 Å². The zero-order chi connectivity index (χ0) is 17.6. The summed E-state index contributed by atoms with van der Waals surface area (Å²) in [5.74, 6) is -0.352. The Balaban J connectivity index is 1.58. The molecule has 2 aliphatic rings. The van der Waals surface area contributed by atoms with Crippen LogP contribution in [0.25, 0.3) is 0 Å². The number of rotatable bonds is 2. The van der Waals surface area contributed by atoms with Gasteiger partial charge in [0.2, 0.25) is 0 Å². The van der Waals surface area contributed by atoms with Crippen LogP contribution >= 0.6 is 0 Å². The molecule has 0 aromatic heterocycles. The van der Waals surface area contributed by atoms with E-state index in [9.17, 15) is 18.0 Å². The number of anilines is 2. The average Bonchev–Trinajstić information content (AvgIpc) is 2.87. The molecule has 128 valence electrons. The largest absolute Gasteiger partial charge is 0.369 e. The number of hydrogen-bond acceptors (Lipinski definition) is 5. The number of sulfone groups is 1. The van der Waals surface area contributed by atoms with Crippen LogP contribution in [-0.4, -0.2) is 44.8 Å². The molecular weight excluding hydrogens is 340 g/mol. The quantitative estimate of drug-likeness (QED) is 0.766. The second kappa shape index (κ2) is 5.70. The lowest BCUT2D eigenvalue weighted by molar-refractivity contribution is 0.0926. The monoisotopic (exact) mass is 356 g/mol. The van der Waals surface area contributed by atoms with Crippen molar-refractivity contribution >= 4 is 33.0 Å². The van der Waals surface area contributed by atoms with Crippen molar-refractivity contribution < 1.29 is 18.0 Å². The molecule has 0 aliphatic carbocycles. The molecule has 2 amide bonds. The molecular formula is C18H16N2O4S. The Morgan fingerprint density at radius 3 is 1.72 bits per heavy atom. The van der Waals surface area contributed by atoms with Crippen LogP contribution in [0.15, 0.2) is 48.5 Å². The molecule has 2 heterocycles. The lowest BCUT2D eigenvalue weighted by atomic mass is 10.1. The normalized spacial score (nSPS) is 19.2. The van der Waals surface area contributed by atoms with Gasteiger partial charge in [-0.25, -0.2) is 13.3 Å². The van der Waals surface area contributed by atoms with Crippen LogP contribution in [0.5, 0.6) is 0 Å². The van der Waals surface area contributed by atoms with Gasteiger partial charge < -0.3 is 4.90 Å². The van der Waals surface area contributed by atoms with Crippen LogP contribution in [0.1, 0.15) is 20.7 Å². The minimum absolute atomic E-state index is 0.146. The molecule has 0 saturated carbocycles. The minimum atomic E-state index is -2.93. The Morgan fingerprint density at radius 1 is 0.720 bits per heavy atom. The number of imide groups is 1. The van der Waals surface area contributed by atoms with E-state index in [1.165, 1.54) is 4.90 Å². The first-order chi connectivity index (χ1) is 12.0. The fraction of sp³-hybridized carbons (Fsp3) is 0.222. The van der Waals surface area contributed by atoms with Gasteiger partial charge in [-0.05, 0) is 36.4 Å². The maximum Gasteiger partial charge on any atom is 0.266 e. The highest BCUT2D eigenvalue weighted by atomic mass is 32.2. The Labute approximate surface area is 145 Å². The van der Waals surface area contributed by atoms with E-state index in [2.05, 4.69) is 0 Å². The van der Waals surface area contributed by atoms with Gasteiger partial charge in [-0.2, -0.15) is 0 Å². The van der Waals surface area contributed by atoms with Gasteiger partial charge in [0.15, 0.2) is 9.84 Å². The number of hydrogen-bond donors (Lipinski definition) is 0. The summed E-state index contributed by atoms with van der Waals surface area (Å²) in [6.45, 7) is 0.906. The van der Waals surface area contributed by atoms with Crippen molar-refractivity contribution in [3.8, 4) is 0 Å². The highest BCUT2D eigenvalue weighted by Gasteiger charge is 2.36. The summed E-state index contributed by atoms with van der Waals surface area (Å²) in [5, 5.41) is 0. The summed E-state index contributed by atoms with van der Waals surface area (Å²) >= 11 is 0. The van der Waals surface area contributed by atoms with Gasteiger partial charge in [-0.3, -0.25) is 9.59 Å². The number of carbonyl (C=O) groups excluding carboxylic acids is 2. The third-order valence-corrected chi connectivity index (χ3v) is 6.22. The molecule has 7 heteroatoms. The summed E-state index contributed by atoms with van der Waals surface area (Å²) in [6.07, 6.45) is 0. The zero-order valence-corrected chi connectivity index (χ0v) is 14.2. The van der Waals surface area contributed by atoms with Gasteiger partial charge >= 0.3 is 0 Å². The Kier molecular flexibility index (Phi) is 3.61. The molecule has 25 heavy (non-hydrogen) atoms. The van der Waals surface area contributed by atoms with Crippen LogP contribution in [-0.2, 0) is 9.84 Å². The summed E-state index contributed by atoms with van der Waals surface area (Å²) in [6, 6.07) is 13.9. The first kappa shape index (κ1) is 15.8. The molecule has 2 aliphatic heterocycles. The first-order valence-corrected chi connectivity index (χ1v) is 9.82. The fourth-order valence-electron chi connectivity index (χ4n) is 3.21. The lowest BCUT2D eigenvalue weighted by Crippen LogP contribution is -2.40. The third-order valence-electron chi connectivity index (χ3n) is 4.61. The molecule has 0 N–H and O–H groups in total. The first-order valence-electron chi connectivity index (χ1n) is 7.99. The van der Waals surface area contributed by atoms with E-state index in [1.54, 1.807) is 36.4 Å². The van der Waals surface area contributed by atoms with Crippen molar-refractivity contribution in [2.45, 2.75) is 0 Å². The van der Waals surface area contributed by atoms with Crippen LogP contribution < -0.4 is 9.80 Å². The number of carbonyl (C=O) groups is 2. The molecule has 0 radical (unpaired) electrons. The van der Waals surface area contributed by atoms with E-state index in [4.69, 9.17) is 0 Å². The Hall–Kier alpha value is -2.67. The standard InChI is InChI=1S/C18H16N2O4S/c21-17-15-3-1-2-4-16(15)18(22)20(17)14-7-5-13(6-8-14)19-9-11-25(23,24)12-10-19/h1-8H,9-12H2. The number of nitrogens with zero attached hydrogens (tertiary/aromatic N) is 2. The van der Waals surface area contributed by atoms with Gasteiger partial charge in [0, 0.05) is 18.8 Å². The Morgan fingerprint density at radius 2 is 1.20 bits per heavy atom. The molecule has 1 saturated heterocycles. The summed E-state index contributed by atoms with van der Waals surface area (Å²) in [4.78, 5) is 28.2. The second-order valence-corrected chi connectivity index (χ2v) is 8.45. The van der Waals surface area contributed by atoms with E-state index >= 15 is 0 Å². The van der Waals surface area contributed by atoms with Crippen molar-refractivity contribution in [1.82, 2.24) is 0 Å². The van der Waals surface area contributed by atoms with E-state index in [0.29, 0.717) is 29.9 Å². The molecule has 6 nitrogen and oxygen atoms in total. The molecule has 0 bridgehead atoms. The molecule has 2 aromatic carbocycles. The number of fused-ring (bicyclic) bond motifs is 1. The second-order valence-electron chi connectivity index (χ2n) is 6.15. The van der Waals surface area contributed by atoms with Crippen molar-refractivity contribution in [3.63, 3.8) is 0 Å². The number of benzene rings is 2. The lowest BCUT2D eigenvalue weighted by Gasteiger charge is -2.29. The maximum atomic E-state index is 12.5.